The Hall–Kier alpha value is -4.83. The van der Waals surface area contributed by atoms with E-state index in [0.717, 1.165) is 16.7 Å². The molecule has 5 rings (SSSR count). The van der Waals surface area contributed by atoms with Crippen molar-refractivity contribution in [1.82, 2.24) is 19.9 Å². The number of aromatic nitrogens is 3. The molecular weight excluding hydrogens is 528 g/mol. The predicted molar refractivity (Wildman–Crippen MR) is 152 cm³/mol. The van der Waals surface area contributed by atoms with Crippen LogP contribution in [0.4, 0.5) is 0 Å². The lowest BCUT2D eigenvalue weighted by atomic mass is 10.0. The number of benzene rings is 3. The highest BCUT2D eigenvalue weighted by molar-refractivity contribution is 7.15. The van der Waals surface area contributed by atoms with Gasteiger partial charge in [0.2, 0.25) is 4.96 Å². The van der Waals surface area contributed by atoms with Gasteiger partial charge in [-0.05, 0) is 60.5 Å². The van der Waals surface area contributed by atoms with Crippen molar-refractivity contribution >= 4 is 28.0 Å². The third-order valence-electron chi connectivity index (χ3n) is 6.25. The first kappa shape index (κ1) is 26.8. The molecule has 0 spiro atoms. The van der Waals surface area contributed by atoms with Gasteiger partial charge >= 0.3 is 0 Å². The number of methoxy groups -OCH3 is 1. The molecule has 0 fully saturated rings. The van der Waals surface area contributed by atoms with Gasteiger partial charge in [0, 0.05) is 23.1 Å². The Morgan fingerprint density at radius 1 is 1.02 bits per heavy atom. The van der Waals surface area contributed by atoms with Crippen LogP contribution in [0.15, 0.2) is 83.0 Å². The van der Waals surface area contributed by atoms with Crippen molar-refractivity contribution in [2.75, 3.05) is 13.7 Å². The zero-order valence-electron chi connectivity index (χ0n) is 21.9. The molecule has 1 amide bonds. The van der Waals surface area contributed by atoms with Crippen LogP contribution in [0.25, 0.3) is 16.2 Å². The Bertz CT molecular complexity index is 1730. The smallest absolute Gasteiger partial charge is 0.296 e. The third kappa shape index (κ3) is 6.08. The lowest BCUT2D eigenvalue weighted by Gasteiger charge is -2.09. The van der Waals surface area contributed by atoms with Crippen LogP contribution in [0.2, 0.25) is 0 Å². The van der Waals surface area contributed by atoms with Crippen LogP contribution in [0.1, 0.15) is 27.2 Å². The Kier molecular flexibility index (Phi) is 7.97. The van der Waals surface area contributed by atoms with Crippen molar-refractivity contribution in [1.29, 1.82) is 0 Å². The van der Waals surface area contributed by atoms with E-state index in [-0.39, 0.29) is 30.4 Å². The monoisotopic (exact) mass is 554 g/mol. The van der Waals surface area contributed by atoms with Gasteiger partial charge in [0.05, 0.1) is 19.2 Å². The first-order valence-corrected chi connectivity index (χ1v) is 13.4. The normalized spacial score (nSPS) is 10.8. The van der Waals surface area contributed by atoms with E-state index in [0.29, 0.717) is 34.3 Å². The molecular formula is C30H26N4O5S. The van der Waals surface area contributed by atoms with E-state index in [2.05, 4.69) is 15.4 Å². The van der Waals surface area contributed by atoms with Crippen LogP contribution in [-0.2, 0) is 17.8 Å². The van der Waals surface area contributed by atoms with E-state index in [1.807, 2.05) is 54.8 Å². The fraction of sp³-hybridized carbons (Fsp3) is 0.167. The quantitative estimate of drug-likeness (QED) is 0.257. The van der Waals surface area contributed by atoms with Gasteiger partial charge in [0.15, 0.2) is 12.4 Å². The summed E-state index contributed by atoms with van der Waals surface area (Å²) < 4.78 is 12.5. The van der Waals surface area contributed by atoms with E-state index >= 15 is 0 Å². The fourth-order valence-corrected chi connectivity index (χ4v) is 4.95. The molecule has 0 unspecified atom stereocenters. The topological polar surface area (TPSA) is 112 Å². The molecule has 10 heteroatoms. The summed E-state index contributed by atoms with van der Waals surface area (Å²) in [4.78, 5) is 42.2. The number of nitrogens with zero attached hydrogens (tertiary/aromatic N) is 3. The molecule has 0 saturated heterocycles. The van der Waals surface area contributed by atoms with Crippen LogP contribution in [0.3, 0.4) is 0 Å². The molecule has 202 valence electrons. The molecule has 0 radical (unpaired) electrons. The van der Waals surface area contributed by atoms with Crippen molar-refractivity contribution in [3.05, 3.63) is 111 Å². The summed E-state index contributed by atoms with van der Waals surface area (Å²) in [6, 6.07) is 22.0. The number of nitrogens with one attached hydrogen (secondary N) is 1. The average molecular weight is 555 g/mol. The van der Waals surface area contributed by atoms with Crippen molar-refractivity contribution in [3.63, 3.8) is 0 Å². The van der Waals surface area contributed by atoms with Gasteiger partial charge in [-0.2, -0.15) is 10.1 Å². The van der Waals surface area contributed by atoms with Gasteiger partial charge in [-0.15, -0.1) is 11.3 Å². The summed E-state index contributed by atoms with van der Waals surface area (Å²) >= 11 is 1.28. The SMILES string of the molecule is COc1ccc(C(=O)Cc2nn3c(-c4ccc(OCC(=O)NCc5ccccc5)cc4)csc3nc2=O)cc1C. The molecule has 2 aromatic heterocycles. The number of ketones is 1. The number of amides is 1. The van der Waals surface area contributed by atoms with Gasteiger partial charge in [-0.1, -0.05) is 30.3 Å². The van der Waals surface area contributed by atoms with Crippen LogP contribution in [0.5, 0.6) is 11.5 Å². The van der Waals surface area contributed by atoms with Crippen molar-refractivity contribution < 1.29 is 19.1 Å². The van der Waals surface area contributed by atoms with Crippen molar-refractivity contribution in [3.8, 4) is 22.8 Å². The summed E-state index contributed by atoms with van der Waals surface area (Å²) in [5.74, 6) is 0.770. The average Bonchev–Trinajstić information content (AvgIpc) is 3.38. The van der Waals surface area contributed by atoms with Crippen molar-refractivity contribution in [2.45, 2.75) is 19.9 Å². The maximum Gasteiger partial charge on any atom is 0.296 e. The molecule has 5 aromatic rings. The van der Waals surface area contributed by atoms with Crippen molar-refractivity contribution in [2.24, 2.45) is 0 Å². The second kappa shape index (κ2) is 11.9. The van der Waals surface area contributed by atoms with E-state index in [1.54, 1.807) is 42.0 Å². The van der Waals surface area contributed by atoms with Gasteiger partial charge in [-0.25, -0.2) is 4.52 Å². The first-order valence-electron chi connectivity index (χ1n) is 12.5. The number of carbonyl (C=O) groups is 2. The standard InChI is InChI=1S/C30H26N4O5S/c1-19-14-22(10-13-27(19)38-2)26(35)15-24-29(37)32-30-34(33-24)25(18-40-30)21-8-11-23(12-9-21)39-17-28(36)31-16-20-6-4-3-5-7-20/h3-14,18H,15-17H2,1-2H3,(H,31,36). The number of thiazole rings is 1. The Balaban J connectivity index is 1.27. The highest BCUT2D eigenvalue weighted by Crippen LogP contribution is 2.26. The molecule has 0 saturated carbocycles. The van der Waals surface area contributed by atoms with E-state index < -0.39 is 5.56 Å². The number of rotatable bonds is 10. The lowest BCUT2D eigenvalue weighted by Crippen LogP contribution is -2.28. The summed E-state index contributed by atoms with van der Waals surface area (Å²) in [5, 5.41) is 9.16. The van der Waals surface area contributed by atoms with E-state index in [9.17, 15) is 14.4 Å². The molecule has 3 aromatic carbocycles. The molecule has 0 aliphatic carbocycles. The summed E-state index contributed by atoms with van der Waals surface area (Å²) in [7, 11) is 1.57. The predicted octanol–water partition coefficient (Wildman–Crippen LogP) is 4.26. The second-order valence-electron chi connectivity index (χ2n) is 9.04. The number of fused-ring (bicyclic) bond motifs is 1. The molecule has 2 heterocycles. The Labute approximate surface area is 234 Å². The molecule has 9 nitrogen and oxygen atoms in total. The second-order valence-corrected chi connectivity index (χ2v) is 9.88. The number of ether oxygens (including phenoxy) is 2. The molecule has 40 heavy (non-hydrogen) atoms. The molecule has 1 N–H and O–H groups in total. The lowest BCUT2D eigenvalue weighted by molar-refractivity contribution is -0.123. The van der Waals surface area contributed by atoms with Crippen LogP contribution >= 0.6 is 11.3 Å². The summed E-state index contributed by atoms with van der Waals surface area (Å²) in [6.45, 7) is 2.18. The largest absolute Gasteiger partial charge is 0.496 e. The first-order chi connectivity index (χ1) is 19.4. The zero-order valence-corrected chi connectivity index (χ0v) is 22.7. The highest BCUT2D eigenvalue weighted by Gasteiger charge is 2.17. The molecule has 0 atom stereocenters. The number of hydrogen-bond donors (Lipinski definition) is 1. The minimum Gasteiger partial charge on any atom is -0.496 e. The number of carbonyl (C=O) groups excluding carboxylic acids is 2. The molecule has 0 aliphatic heterocycles. The van der Waals surface area contributed by atoms with Gasteiger partial charge in [0.1, 0.15) is 17.2 Å². The van der Waals surface area contributed by atoms with Gasteiger partial charge in [-0.3, -0.25) is 14.4 Å². The molecule has 0 bridgehead atoms. The minimum atomic E-state index is -0.527. The Morgan fingerprint density at radius 2 is 1.80 bits per heavy atom. The van der Waals surface area contributed by atoms with Crippen LogP contribution < -0.4 is 20.3 Å². The fourth-order valence-electron chi connectivity index (χ4n) is 4.12. The number of hydrogen-bond acceptors (Lipinski definition) is 8. The summed E-state index contributed by atoms with van der Waals surface area (Å²) in [5.41, 5.74) is 3.38. The Morgan fingerprint density at radius 3 is 2.52 bits per heavy atom. The van der Waals surface area contributed by atoms with Crippen LogP contribution in [-0.4, -0.2) is 40.0 Å². The maximum absolute atomic E-state index is 12.9. The molecule has 0 aliphatic rings. The van der Waals surface area contributed by atoms with Gasteiger partial charge in [0.25, 0.3) is 11.5 Å². The minimum absolute atomic E-state index is 0.0667. The highest BCUT2D eigenvalue weighted by atomic mass is 32.1. The number of aryl methyl sites for hydroxylation is 1. The number of Topliss-reactive ketones (excluding diaryl/α,β-unsaturated/α-hetero) is 1. The van der Waals surface area contributed by atoms with Crippen LogP contribution in [0, 0.1) is 6.92 Å². The van der Waals surface area contributed by atoms with E-state index in [4.69, 9.17) is 9.47 Å². The van der Waals surface area contributed by atoms with Gasteiger partial charge < -0.3 is 14.8 Å². The third-order valence-corrected chi connectivity index (χ3v) is 7.06. The summed E-state index contributed by atoms with van der Waals surface area (Å²) in [6.07, 6.45) is -0.172. The van der Waals surface area contributed by atoms with E-state index in [1.165, 1.54) is 11.3 Å². The zero-order chi connectivity index (χ0) is 28.1. The maximum atomic E-state index is 12.9.